The quantitative estimate of drug-likeness (QED) is 0.801. The van der Waals surface area contributed by atoms with Crippen LogP contribution in [-0.4, -0.2) is 25.6 Å². The molecule has 2 N–H and O–H groups in total. The molecule has 0 bridgehead atoms. The first-order valence-corrected chi connectivity index (χ1v) is 9.49. The van der Waals surface area contributed by atoms with Crippen LogP contribution in [0.25, 0.3) is 0 Å². The summed E-state index contributed by atoms with van der Waals surface area (Å²) in [7, 11) is 0. The molecule has 1 amide bonds. The van der Waals surface area contributed by atoms with E-state index in [4.69, 9.17) is 4.74 Å². The third-order valence-electron chi connectivity index (χ3n) is 5.03. The molecule has 1 aliphatic heterocycles. The molecule has 1 fully saturated rings. The first kappa shape index (κ1) is 18.5. The van der Waals surface area contributed by atoms with Crippen molar-refractivity contribution in [1.29, 1.82) is 0 Å². The summed E-state index contributed by atoms with van der Waals surface area (Å²) in [6, 6.07) is 14.6. The number of ether oxygens (including phenoxy) is 1. The predicted octanol–water partition coefficient (Wildman–Crippen LogP) is 2.18. The van der Waals surface area contributed by atoms with Gasteiger partial charge in [0.05, 0.1) is 13.1 Å². The molecule has 4 heteroatoms. The number of nitrogens with one attached hydrogen (secondary N) is 2. The summed E-state index contributed by atoms with van der Waals surface area (Å²) in [6.45, 7) is 8.25. The number of hydrogen-bond donors (Lipinski definition) is 2. The molecule has 4 nitrogen and oxygen atoms in total. The van der Waals surface area contributed by atoms with E-state index in [0.717, 1.165) is 29.0 Å². The van der Waals surface area contributed by atoms with Gasteiger partial charge < -0.3 is 15.0 Å². The van der Waals surface area contributed by atoms with E-state index < -0.39 is 0 Å². The smallest absolute Gasteiger partial charge is 0.258 e. The van der Waals surface area contributed by atoms with Crippen molar-refractivity contribution in [3.05, 3.63) is 64.7 Å². The number of quaternary nitrogens is 1. The van der Waals surface area contributed by atoms with Gasteiger partial charge in [-0.1, -0.05) is 42.5 Å². The molecule has 0 unspecified atom stereocenters. The first-order valence-electron chi connectivity index (χ1n) is 9.49. The van der Waals surface area contributed by atoms with Gasteiger partial charge in [0, 0.05) is 24.9 Å². The first-order chi connectivity index (χ1) is 12.6. The van der Waals surface area contributed by atoms with Crippen molar-refractivity contribution in [2.24, 2.45) is 0 Å². The molecule has 0 radical (unpaired) electrons. The molecule has 138 valence electrons. The normalized spacial score (nSPS) is 14.4. The number of aryl methyl sites for hydroxylation is 2. The van der Waals surface area contributed by atoms with Crippen molar-refractivity contribution in [3.8, 4) is 5.75 Å². The summed E-state index contributed by atoms with van der Waals surface area (Å²) in [4.78, 5) is 13.7. The average molecular weight is 353 g/mol. The van der Waals surface area contributed by atoms with E-state index in [1.165, 1.54) is 31.5 Å². The predicted molar refractivity (Wildman–Crippen MR) is 103 cm³/mol. The fraction of sp³-hybridized carbons (Fsp3) is 0.409. The maximum absolute atomic E-state index is 12.1. The van der Waals surface area contributed by atoms with E-state index in [1.54, 1.807) is 4.90 Å². The molecule has 1 aliphatic rings. The lowest BCUT2D eigenvalue weighted by Crippen LogP contribution is -3.08. The van der Waals surface area contributed by atoms with Crippen LogP contribution in [0, 0.1) is 13.8 Å². The summed E-state index contributed by atoms with van der Waals surface area (Å²) in [5, 5.41) is 2.93. The van der Waals surface area contributed by atoms with E-state index in [2.05, 4.69) is 29.6 Å². The maximum Gasteiger partial charge on any atom is 0.258 e. The highest BCUT2D eigenvalue weighted by Gasteiger charge is 2.15. The van der Waals surface area contributed by atoms with Gasteiger partial charge in [-0.2, -0.15) is 0 Å². The number of carbonyl (C=O) groups is 1. The van der Waals surface area contributed by atoms with E-state index in [-0.39, 0.29) is 12.5 Å². The van der Waals surface area contributed by atoms with Crippen molar-refractivity contribution in [1.82, 2.24) is 5.32 Å². The second kappa shape index (κ2) is 8.86. The van der Waals surface area contributed by atoms with Crippen LogP contribution in [-0.2, 0) is 17.9 Å². The molecule has 0 aromatic heterocycles. The molecule has 26 heavy (non-hydrogen) atoms. The van der Waals surface area contributed by atoms with Gasteiger partial charge in [0.15, 0.2) is 6.61 Å². The second-order valence-corrected chi connectivity index (χ2v) is 7.24. The van der Waals surface area contributed by atoms with Crippen LogP contribution in [0.1, 0.15) is 35.1 Å². The van der Waals surface area contributed by atoms with Crippen molar-refractivity contribution in [2.75, 3.05) is 19.7 Å². The average Bonchev–Trinajstić information content (AvgIpc) is 3.14. The SMILES string of the molecule is Cc1cccc(C)c1OCC(=O)NCc1ccc(C[NH+]2CCCC2)cc1. The Morgan fingerprint density at radius 1 is 1.00 bits per heavy atom. The minimum atomic E-state index is -0.0989. The Kier molecular flexibility index (Phi) is 6.29. The van der Waals surface area contributed by atoms with Gasteiger partial charge in [-0.05, 0) is 30.5 Å². The van der Waals surface area contributed by atoms with Gasteiger partial charge in [-0.3, -0.25) is 4.79 Å². The van der Waals surface area contributed by atoms with E-state index in [0.29, 0.717) is 6.54 Å². The fourth-order valence-electron chi connectivity index (χ4n) is 3.53. The number of amides is 1. The van der Waals surface area contributed by atoms with E-state index in [9.17, 15) is 4.79 Å². The van der Waals surface area contributed by atoms with Crippen LogP contribution in [0.2, 0.25) is 0 Å². The summed E-state index contributed by atoms with van der Waals surface area (Å²) in [6.07, 6.45) is 2.70. The van der Waals surface area contributed by atoms with Gasteiger partial charge in [0.1, 0.15) is 12.3 Å². The second-order valence-electron chi connectivity index (χ2n) is 7.24. The third kappa shape index (κ3) is 5.09. The lowest BCUT2D eigenvalue weighted by Gasteiger charge is -2.13. The van der Waals surface area contributed by atoms with Gasteiger partial charge >= 0.3 is 0 Å². The minimum Gasteiger partial charge on any atom is -0.483 e. The highest BCUT2D eigenvalue weighted by atomic mass is 16.5. The molecule has 1 saturated heterocycles. The topological polar surface area (TPSA) is 42.8 Å². The molecular weight excluding hydrogens is 324 g/mol. The van der Waals surface area contributed by atoms with Gasteiger partial charge in [-0.15, -0.1) is 0 Å². The number of carbonyl (C=O) groups excluding carboxylic acids is 1. The van der Waals surface area contributed by atoms with Gasteiger partial charge in [-0.25, -0.2) is 0 Å². The van der Waals surface area contributed by atoms with E-state index >= 15 is 0 Å². The number of rotatable bonds is 7. The minimum absolute atomic E-state index is 0.0437. The Morgan fingerprint density at radius 3 is 2.27 bits per heavy atom. The molecule has 3 rings (SSSR count). The van der Waals surface area contributed by atoms with E-state index in [1.807, 2.05) is 32.0 Å². The van der Waals surface area contributed by atoms with Crippen LogP contribution < -0.4 is 15.0 Å². The zero-order chi connectivity index (χ0) is 18.4. The lowest BCUT2D eigenvalue weighted by atomic mass is 10.1. The zero-order valence-electron chi connectivity index (χ0n) is 15.8. The Bertz CT molecular complexity index is 714. The standard InChI is InChI=1S/C22H28N2O2/c1-17-6-5-7-18(2)22(17)26-16-21(25)23-14-19-8-10-20(11-9-19)15-24-12-3-4-13-24/h5-11H,3-4,12-16H2,1-2H3,(H,23,25)/p+1. The van der Waals surface area contributed by atoms with Crippen molar-refractivity contribution in [3.63, 3.8) is 0 Å². The van der Waals surface area contributed by atoms with Crippen molar-refractivity contribution in [2.45, 2.75) is 39.8 Å². The Balaban J connectivity index is 1.44. The fourth-order valence-corrected chi connectivity index (χ4v) is 3.53. The maximum atomic E-state index is 12.1. The number of para-hydroxylation sites is 1. The molecule has 0 atom stereocenters. The van der Waals surface area contributed by atoms with Crippen LogP contribution in [0.15, 0.2) is 42.5 Å². The molecule has 2 aromatic carbocycles. The van der Waals surface area contributed by atoms with Crippen LogP contribution >= 0.6 is 0 Å². The van der Waals surface area contributed by atoms with Gasteiger partial charge in [0.2, 0.25) is 0 Å². The Morgan fingerprint density at radius 2 is 1.62 bits per heavy atom. The largest absolute Gasteiger partial charge is 0.483 e. The summed E-state index contributed by atoms with van der Waals surface area (Å²) >= 11 is 0. The van der Waals surface area contributed by atoms with Crippen LogP contribution in [0.4, 0.5) is 0 Å². The highest BCUT2D eigenvalue weighted by Crippen LogP contribution is 2.22. The number of likely N-dealkylation sites (tertiary alicyclic amines) is 1. The molecule has 0 saturated carbocycles. The highest BCUT2D eigenvalue weighted by molar-refractivity contribution is 5.77. The van der Waals surface area contributed by atoms with Crippen molar-refractivity contribution < 1.29 is 14.4 Å². The molecule has 0 spiro atoms. The summed E-state index contributed by atoms with van der Waals surface area (Å²) < 4.78 is 5.70. The molecular formula is C22H29N2O2+. The summed E-state index contributed by atoms with van der Waals surface area (Å²) in [5.41, 5.74) is 4.59. The molecule has 2 aromatic rings. The van der Waals surface area contributed by atoms with Crippen LogP contribution in [0.5, 0.6) is 5.75 Å². The zero-order valence-corrected chi connectivity index (χ0v) is 15.8. The third-order valence-corrected chi connectivity index (χ3v) is 5.03. The number of benzene rings is 2. The Labute approximate surface area is 156 Å². The van der Waals surface area contributed by atoms with Gasteiger partial charge in [0.25, 0.3) is 5.91 Å². The molecule has 1 heterocycles. The van der Waals surface area contributed by atoms with Crippen LogP contribution in [0.3, 0.4) is 0 Å². The number of hydrogen-bond acceptors (Lipinski definition) is 2. The lowest BCUT2D eigenvalue weighted by molar-refractivity contribution is -0.901. The summed E-state index contributed by atoms with van der Waals surface area (Å²) in [5.74, 6) is 0.703. The molecule has 0 aliphatic carbocycles. The van der Waals surface area contributed by atoms with Crippen molar-refractivity contribution >= 4 is 5.91 Å². The monoisotopic (exact) mass is 353 g/mol. The Hall–Kier alpha value is -2.33.